The smallest absolute Gasteiger partial charge is 0.371 e. The summed E-state index contributed by atoms with van der Waals surface area (Å²) in [5.74, 6) is -1.04. The first-order valence-electron chi connectivity index (χ1n) is 8.32. The number of aromatic amines is 1. The van der Waals surface area contributed by atoms with E-state index in [1.807, 2.05) is 31.2 Å². The van der Waals surface area contributed by atoms with E-state index in [0.29, 0.717) is 18.1 Å². The normalized spacial score (nSPS) is 10.4. The molecule has 0 saturated carbocycles. The molecule has 0 bridgehead atoms. The highest BCUT2D eigenvalue weighted by atomic mass is 19.3. The molecular weight excluding hydrogens is 372 g/mol. The number of nitrogens with zero attached hydrogens (tertiary/aromatic N) is 2. The molecule has 8 nitrogen and oxygen atoms in total. The number of aromatic nitrogens is 3. The summed E-state index contributed by atoms with van der Waals surface area (Å²) in [7, 11) is 0. The number of alkyl halides is 2. The molecule has 10 heteroatoms. The van der Waals surface area contributed by atoms with Crippen LogP contribution in [0.25, 0.3) is 22.0 Å². The van der Waals surface area contributed by atoms with E-state index in [-0.39, 0.29) is 5.91 Å². The zero-order valence-electron chi connectivity index (χ0n) is 14.9. The Morgan fingerprint density at radius 2 is 1.93 bits per heavy atom. The summed E-state index contributed by atoms with van der Waals surface area (Å²) < 4.78 is 21.1. The summed E-state index contributed by atoms with van der Waals surface area (Å²) in [5, 5.41) is 18.1. The predicted molar refractivity (Wildman–Crippen MR) is 101 cm³/mol. The number of H-pyrrole nitrogens is 1. The van der Waals surface area contributed by atoms with Crippen molar-refractivity contribution < 1.29 is 23.5 Å². The average Bonchev–Trinajstić information content (AvgIpc) is 3.05. The fourth-order valence-corrected chi connectivity index (χ4v) is 2.29. The van der Waals surface area contributed by atoms with Crippen molar-refractivity contribution in [3.05, 3.63) is 36.5 Å². The van der Waals surface area contributed by atoms with Crippen LogP contribution in [-0.4, -0.2) is 38.6 Å². The average molecular weight is 391 g/mol. The number of rotatable bonds is 5. The van der Waals surface area contributed by atoms with Gasteiger partial charge in [-0.2, -0.15) is 13.9 Å². The second kappa shape index (κ2) is 9.40. The summed E-state index contributed by atoms with van der Waals surface area (Å²) >= 11 is 0. The number of anilines is 2. The summed E-state index contributed by atoms with van der Waals surface area (Å²) in [6.45, 7) is 1.97. The zero-order chi connectivity index (χ0) is 20.7. The van der Waals surface area contributed by atoms with Gasteiger partial charge in [0.05, 0.1) is 5.52 Å². The maximum absolute atomic E-state index is 11.7. The number of halogens is 2. The van der Waals surface area contributed by atoms with E-state index in [9.17, 15) is 13.6 Å². The highest BCUT2D eigenvalue weighted by Gasteiger charge is 2.11. The number of carboxylic acids is 1. The Morgan fingerprint density at radius 1 is 1.25 bits per heavy atom. The number of amides is 1. The standard InChI is InChI=1S/C16H17N5O.C2H2F2O2/c1-2-3-15(22)19-16-12-6-4-10(8-13(12)20-21-16)11-5-7-14(17)18-9-11;3-1(4)2(5)6/h4-9H,2-3H2,1H3,(H2,17,18)(H2,19,20,21,22);1H,(H,5,6). The number of benzene rings is 1. The number of pyridine rings is 1. The molecule has 2 aromatic heterocycles. The van der Waals surface area contributed by atoms with Crippen molar-refractivity contribution in [2.45, 2.75) is 26.2 Å². The molecule has 0 fully saturated rings. The number of carbonyl (C=O) groups is 2. The second-order valence-electron chi connectivity index (χ2n) is 5.74. The van der Waals surface area contributed by atoms with E-state index in [1.165, 1.54) is 0 Å². The summed E-state index contributed by atoms with van der Waals surface area (Å²) in [6, 6.07) is 9.57. The number of fused-ring (bicyclic) bond motifs is 1. The number of carbonyl (C=O) groups excluding carboxylic acids is 1. The molecule has 2 heterocycles. The summed E-state index contributed by atoms with van der Waals surface area (Å²) in [6.07, 6.45) is -0.201. The van der Waals surface area contributed by atoms with E-state index in [0.717, 1.165) is 28.5 Å². The Bertz CT molecular complexity index is 958. The molecule has 28 heavy (non-hydrogen) atoms. The Morgan fingerprint density at radius 3 is 2.50 bits per heavy atom. The van der Waals surface area contributed by atoms with Gasteiger partial charge in [0.25, 0.3) is 0 Å². The minimum Gasteiger partial charge on any atom is -0.477 e. The molecule has 1 aromatic carbocycles. The van der Waals surface area contributed by atoms with Gasteiger partial charge < -0.3 is 16.2 Å². The highest BCUT2D eigenvalue weighted by molar-refractivity contribution is 6.00. The molecule has 0 spiro atoms. The summed E-state index contributed by atoms with van der Waals surface area (Å²) in [5.41, 5.74) is 8.45. The lowest BCUT2D eigenvalue weighted by Crippen LogP contribution is -2.10. The molecule has 1 amide bonds. The third kappa shape index (κ3) is 5.47. The number of nitrogen functional groups attached to an aromatic ring is 1. The second-order valence-corrected chi connectivity index (χ2v) is 5.74. The van der Waals surface area contributed by atoms with Crippen molar-refractivity contribution in [1.82, 2.24) is 15.2 Å². The number of nitrogens with one attached hydrogen (secondary N) is 2. The van der Waals surface area contributed by atoms with Crippen LogP contribution in [-0.2, 0) is 9.59 Å². The molecule has 0 unspecified atom stereocenters. The van der Waals surface area contributed by atoms with Gasteiger partial charge in [0.1, 0.15) is 5.82 Å². The van der Waals surface area contributed by atoms with Crippen LogP contribution in [0, 0.1) is 0 Å². The van der Waals surface area contributed by atoms with Gasteiger partial charge in [-0.1, -0.05) is 13.0 Å². The van der Waals surface area contributed by atoms with Gasteiger partial charge in [0, 0.05) is 23.6 Å². The molecule has 3 aromatic rings. The molecule has 0 saturated heterocycles. The Kier molecular flexibility index (Phi) is 6.96. The fourth-order valence-electron chi connectivity index (χ4n) is 2.29. The SMILES string of the molecule is CCCC(=O)Nc1n[nH]c2cc(-c3ccc(N)nc3)ccc12.O=C(O)C(F)F. The Labute approximate surface area is 158 Å². The minimum absolute atomic E-state index is 0.0253. The molecule has 0 atom stereocenters. The number of nitrogens with two attached hydrogens (primary N) is 1. The monoisotopic (exact) mass is 391 g/mol. The van der Waals surface area contributed by atoms with Crippen molar-refractivity contribution >= 4 is 34.4 Å². The molecule has 5 N–H and O–H groups in total. The molecular formula is C18H19F2N5O3. The van der Waals surface area contributed by atoms with E-state index in [1.54, 1.807) is 12.3 Å². The molecule has 0 aliphatic heterocycles. The van der Waals surface area contributed by atoms with Crippen molar-refractivity contribution in [3.63, 3.8) is 0 Å². The lowest BCUT2D eigenvalue weighted by atomic mass is 10.1. The zero-order valence-corrected chi connectivity index (χ0v) is 14.9. The van der Waals surface area contributed by atoms with Crippen molar-refractivity contribution in [1.29, 1.82) is 0 Å². The van der Waals surface area contributed by atoms with Gasteiger partial charge in [-0.3, -0.25) is 9.89 Å². The molecule has 148 valence electrons. The maximum atomic E-state index is 11.7. The number of hydrogen-bond donors (Lipinski definition) is 4. The lowest BCUT2D eigenvalue weighted by molar-refractivity contribution is -0.149. The minimum atomic E-state index is -3.23. The quantitative estimate of drug-likeness (QED) is 0.527. The van der Waals surface area contributed by atoms with Gasteiger partial charge >= 0.3 is 12.4 Å². The van der Waals surface area contributed by atoms with Crippen LogP contribution in [0.4, 0.5) is 20.4 Å². The van der Waals surface area contributed by atoms with Crippen LogP contribution in [0.1, 0.15) is 19.8 Å². The van der Waals surface area contributed by atoms with E-state index >= 15 is 0 Å². The predicted octanol–water partition coefficient (Wildman–Crippen LogP) is 3.28. The molecule has 0 aliphatic carbocycles. The van der Waals surface area contributed by atoms with Crippen molar-refractivity contribution in [2.24, 2.45) is 0 Å². The van der Waals surface area contributed by atoms with Crippen LogP contribution >= 0.6 is 0 Å². The van der Waals surface area contributed by atoms with Gasteiger partial charge in [0.15, 0.2) is 5.82 Å². The van der Waals surface area contributed by atoms with Crippen molar-refractivity contribution in [2.75, 3.05) is 11.1 Å². The third-order valence-corrected chi connectivity index (χ3v) is 3.60. The summed E-state index contributed by atoms with van der Waals surface area (Å²) in [4.78, 5) is 24.7. The lowest BCUT2D eigenvalue weighted by Gasteiger charge is -2.03. The third-order valence-electron chi connectivity index (χ3n) is 3.60. The molecule has 0 radical (unpaired) electrons. The van der Waals surface area contributed by atoms with Gasteiger partial charge in [-0.15, -0.1) is 0 Å². The Hall–Kier alpha value is -3.56. The number of carboxylic acid groups (broad SMARTS) is 1. The van der Waals surface area contributed by atoms with Gasteiger partial charge in [0.2, 0.25) is 5.91 Å². The van der Waals surface area contributed by atoms with Gasteiger partial charge in [-0.05, 0) is 36.2 Å². The largest absolute Gasteiger partial charge is 0.477 e. The van der Waals surface area contributed by atoms with Crippen molar-refractivity contribution in [3.8, 4) is 11.1 Å². The van der Waals surface area contributed by atoms with E-state index in [4.69, 9.17) is 15.6 Å². The van der Waals surface area contributed by atoms with Crippen LogP contribution in [0.2, 0.25) is 0 Å². The first kappa shape index (κ1) is 20.7. The first-order valence-corrected chi connectivity index (χ1v) is 8.32. The highest BCUT2D eigenvalue weighted by Crippen LogP contribution is 2.27. The molecule has 0 aliphatic rings. The number of hydrogen-bond acceptors (Lipinski definition) is 5. The molecule has 3 rings (SSSR count). The topological polar surface area (TPSA) is 134 Å². The van der Waals surface area contributed by atoms with Crippen LogP contribution in [0.3, 0.4) is 0 Å². The number of aliphatic carboxylic acids is 1. The van der Waals surface area contributed by atoms with E-state index in [2.05, 4.69) is 20.5 Å². The van der Waals surface area contributed by atoms with E-state index < -0.39 is 12.4 Å². The first-order chi connectivity index (χ1) is 13.3. The van der Waals surface area contributed by atoms with Crippen LogP contribution in [0.15, 0.2) is 36.5 Å². The van der Waals surface area contributed by atoms with Crippen LogP contribution in [0.5, 0.6) is 0 Å². The van der Waals surface area contributed by atoms with Gasteiger partial charge in [-0.25, -0.2) is 9.78 Å². The Balaban J connectivity index is 0.000000409. The van der Waals surface area contributed by atoms with Crippen LogP contribution < -0.4 is 11.1 Å². The fraction of sp³-hybridized carbons (Fsp3) is 0.222. The maximum Gasteiger partial charge on any atom is 0.371 e.